The Morgan fingerprint density at radius 1 is 1.42 bits per heavy atom. The molecule has 5 nitrogen and oxygen atoms in total. The molecule has 1 N–H and O–H groups in total. The second-order valence-corrected chi connectivity index (χ2v) is 4.58. The van der Waals surface area contributed by atoms with Crippen molar-refractivity contribution in [3.63, 3.8) is 0 Å². The number of carbonyl (C=O) groups excluding carboxylic acids is 1. The molecule has 2 rings (SSSR count). The molecule has 100 valence electrons. The molecule has 19 heavy (non-hydrogen) atoms. The van der Waals surface area contributed by atoms with Gasteiger partial charge in [-0.05, 0) is 37.8 Å². The van der Waals surface area contributed by atoms with Crippen molar-refractivity contribution >= 4 is 17.7 Å². The number of hydrogen-bond acceptors (Lipinski definition) is 4. The van der Waals surface area contributed by atoms with Crippen LogP contribution in [0.3, 0.4) is 0 Å². The smallest absolute Gasteiger partial charge is 0.293 e. The molecule has 0 spiro atoms. The molecule has 0 radical (unpaired) electrons. The summed E-state index contributed by atoms with van der Waals surface area (Å²) in [7, 11) is 0. The average molecular weight is 260 g/mol. The first-order chi connectivity index (χ1) is 9.20. The maximum absolute atomic E-state index is 10.9. The van der Waals surface area contributed by atoms with Crippen molar-refractivity contribution < 1.29 is 9.72 Å². The van der Waals surface area contributed by atoms with Crippen LogP contribution in [0.25, 0.3) is 0 Å². The number of nitrogens with zero attached hydrogens (tertiary/aromatic N) is 1. The zero-order valence-corrected chi connectivity index (χ0v) is 10.6. The van der Waals surface area contributed by atoms with Gasteiger partial charge in [0.15, 0.2) is 0 Å². The van der Waals surface area contributed by atoms with E-state index in [1.807, 2.05) is 0 Å². The minimum absolute atomic E-state index is 0.0509. The lowest BCUT2D eigenvalue weighted by atomic mass is 10.1. The number of nitrogens with one attached hydrogen (secondary N) is 1. The molecule has 0 saturated carbocycles. The van der Waals surface area contributed by atoms with Crippen LogP contribution in [0.4, 0.5) is 11.4 Å². The van der Waals surface area contributed by atoms with Crippen LogP contribution in [0, 0.1) is 10.1 Å². The summed E-state index contributed by atoms with van der Waals surface area (Å²) in [6, 6.07) is 4.46. The van der Waals surface area contributed by atoms with Gasteiger partial charge in [-0.15, -0.1) is 0 Å². The molecule has 5 heteroatoms. The van der Waals surface area contributed by atoms with Crippen LogP contribution in [0.5, 0.6) is 0 Å². The van der Waals surface area contributed by atoms with Gasteiger partial charge in [0.1, 0.15) is 12.0 Å². The number of nitro benzene ring substituents is 1. The number of hydrogen-bond donors (Lipinski definition) is 1. The van der Waals surface area contributed by atoms with Gasteiger partial charge in [-0.3, -0.25) is 14.9 Å². The van der Waals surface area contributed by atoms with Crippen LogP contribution in [-0.4, -0.2) is 17.8 Å². The predicted octanol–water partition coefficient (Wildman–Crippen LogP) is 3.32. The third-order valence-electron chi connectivity index (χ3n) is 3.25. The Balaban J connectivity index is 2.02. The summed E-state index contributed by atoms with van der Waals surface area (Å²) >= 11 is 0. The molecule has 0 atom stereocenters. The van der Waals surface area contributed by atoms with Crippen molar-refractivity contribution in [2.24, 2.45) is 0 Å². The van der Waals surface area contributed by atoms with Crippen molar-refractivity contribution in [2.45, 2.75) is 25.7 Å². The second kappa shape index (κ2) is 6.13. The topological polar surface area (TPSA) is 72.2 Å². The lowest BCUT2D eigenvalue weighted by molar-refractivity contribution is -0.384. The molecule has 1 aromatic rings. The summed E-state index contributed by atoms with van der Waals surface area (Å²) < 4.78 is 0. The van der Waals surface area contributed by atoms with Crippen molar-refractivity contribution in [1.29, 1.82) is 0 Å². The number of anilines is 1. The van der Waals surface area contributed by atoms with Crippen LogP contribution in [0.15, 0.2) is 29.8 Å². The highest BCUT2D eigenvalue weighted by Gasteiger charge is 2.14. The maximum Gasteiger partial charge on any atom is 0.293 e. The lowest BCUT2D eigenvalue weighted by Gasteiger charge is -2.08. The van der Waals surface area contributed by atoms with Crippen LogP contribution in [-0.2, 0) is 0 Å². The SMILES string of the molecule is O=Cc1ccc(NCCC2=CCCC2)c([N+](=O)[O-])c1. The van der Waals surface area contributed by atoms with E-state index in [0.717, 1.165) is 19.3 Å². The fourth-order valence-corrected chi connectivity index (χ4v) is 2.24. The molecule has 1 aliphatic carbocycles. The van der Waals surface area contributed by atoms with Crippen LogP contribution >= 0.6 is 0 Å². The zero-order valence-electron chi connectivity index (χ0n) is 10.6. The lowest BCUT2D eigenvalue weighted by Crippen LogP contribution is -2.05. The monoisotopic (exact) mass is 260 g/mol. The van der Waals surface area contributed by atoms with Gasteiger partial charge >= 0.3 is 0 Å². The van der Waals surface area contributed by atoms with Crippen molar-refractivity contribution in [3.8, 4) is 0 Å². The summed E-state index contributed by atoms with van der Waals surface area (Å²) in [5.74, 6) is 0. The number of allylic oxidation sites excluding steroid dienone is 1. The minimum Gasteiger partial charge on any atom is -0.379 e. The van der Waals surface area contributed by atoms with Crippen molar-refractivity contribution in [1.82, 2.24) is 0 Å². The van der Waals surface area contributed by atoms with Crippen LogP contribution in [0.2, 0.25) is 0 Å². The van der Waals surface area contributed by atoms with Gasteiger partial charge in [-0.1, -0.05) is 11.6 Å². The Morgan fingerprint density at radius 2 is 2.26 bits per heavy atom. The normalized spacial score (nSPS) is 14.0. The summed E-state index contributed by atoms with van der Waals surface area (Å²) in [5.41, 5.74) is 2.15. The van der Waals surface area contributed by atoms with E-state index in [2.05, 4.69) is 11.4 Å². The Labute approximate surface area is 111 Å². The van der Waals surface area contributed by atoms with Gasteiger partial charge in [0.2, 0.25) is 0 Å². The quantitative estimate of drug-likeness (QED) is 0.368. The molecular weight excluding hydrogens is 244 g/mol. The summed E-state index contributed by atoms with van der Waals surface area (Å²) in [4.78, 5) is 21.1. The molecule has 0 fully saturated rings. The highest BCUT2D eigenvalue weighted by Crippen LogP contribution is 2.26. The van der Waals surface area contributed by atoms with Crippen LogP contribution < -0.4 is 5.32 Å². The fourth-order valence-electron chi connectivity index (χ4n) is 2.24. The maximum atomic E-state index is 10.9. The first kappa shape index (κ1) is 13.3. The van der Waals surface area contributed by atoms with E-state index in [-0.39, 0.29) is 5.69 Å². The summed E-state index contributed by atoms with van der Waals surface area (Å²) in [6.45, 7) is 0.674. The molecule has 0 bridgehead atoms. The second-order valence-electron chi connectivity index (χ2n) is 4.58. The number of rotatable bonds is 6. The van der Waals surface area contributed by atoms with E-state index in [4.69, 9.17) is 0 Å². The molecular formula is C14H16N2O3. The van der Waals surface area contributed by atoms with E-state index in [0.29, 0.717) is 24.1 Å². The van der Waals surface area contributed by atoms with E-state index < -0.39 is 4.92 Å². The van der Waals surface area contributed by atoms with Crippen molar-refractivity contribution in [2.75, 3.05) is 11.9 Å². The molecule has 0 heterocycles. The third-order valence-corrected chi connectivity index (χ3v) is 3.25. The number of benzene rings is 1. The van der Waals surface area contributed by atoms with Gasteiger partial charge in [0, 0.05) is 18.2 Å². The zero-order chi connectivity index (χ0) is 13.7. The molecule has 0 amide bonds. The van der Waals surface area contributed by atoms with Crippen LogP contribution in [0.1, 0.15) is 36.0 Å². The van der Waals surface area contributed by atoms with Crippen molar-refractivity contribution in [3.05, 3.63) is 45.5 Å². The summed E-state index contributed by atoms with van der Waals surface area (Å²) in [5, 5.41) is 14.0. The Hall–Kier alpha value is -2.17. The molecule has 1 aliphatic rings. The molecule has 0 aromatic heterocycles. The first-order valence-corrected chi connectivity index (χ1v) is 6.36. The standard InChI is InChI=1S/C14H16N2O3/c17-10-12-5-6-13(14(9-12)16(18)19)15-8-7-11-3-1-2-4-11/h3,5-6,9-10,15H,1-2,4,7-8H2. The minimum atomic E-state index is -0.468. The average Bonchev–Trinajstić information content (AvgIpc) is 2.92. The third kappa shape index (κ3) is 3.40. The number of nitro groups is 1. The Kier molecular flexibility index (Phi) is 4.28. The first-order valence-electron chi connectivity index (χ1n) is 6.36. The Morgan fingerprint density at radius 3 is 2.89 bits per heavy atom. The van der Waals surface area contributed by atoms with E-state index in [1.54, 1.807) is 12.1 Å². The predicted molar refractivity (Wildman–Crippen MR) is 73.5 cm³/mol. The van der Waals surface area contributed by atoms with Gasteiger partial charge in [0.05, 0.1) is 4.92 Å². The van der Waals surface area contributed by atoms with E-state index in [1.165, 1.54) is 18.1 Å². The fraction of sp³-hybridized carbons (Fsp3) is 0.357. The largest absolute Gasteiger partial charge is 0.379 e. The van der Waals surface area contributed by atoms with Gasteiger partial charge in [-0.2, -0.15) is 0 Å². The van der Waals surface area contributed by atoms with Gasteiger partial charge in [-0.25, -0.2) is 0 Å². The Bertz CT molecular complexity index is 523. The molecule has 0 aliphatic heterocycles. The van der Waals surface area contributed by atoms with Gasteiger partial charge < -0.3 is 5.32 Å². The molecule has 1 aromatic carbocycles. The number of aldehydes is 1. The highest BCUT2D eigenvalue weighted by molar-refractivity contribution is 5.79. The summed E-state index contributed by atoms with van der Waals surface area (Å²) in [6.07, 6.45) is 7.25. The molecule has 0 unspecified atom stereocenters. The van der Waals surface area contributed by atoms with E-state index in [9.17, 15) is 14.9 Å². The number of carbonyl (C=O) groups is 1. The van der Waals surface area contributed by atoms with Gasteiger partial charge in [0.25, 0.3) is 5.69 Å². The van der Waals surface area contributed by atoms with E-state index >= 15 is 0 Å². The molecule has 0 saturated heterocycles. The highest BCUT2D eigenvalue weighted by atomic mass is 16.6.